The van der Waals surface area contributed by atoms with Gasteiger partial charge < -0.3 is 15.1 Å². The van der Waals surface area contributed by atoms with Gasteiger partial charge in [0.05, 0.1) is 12.2 Å². The first-order valence-electron chi connectivity index (χ1n) is 8.92. The van der Waals surface area contributed by atoms with Gasteiger partial charge in [0.2, 0.25) is 0 Å². The van der Waals surface area contributed by atoms with E-state index in [4.69, 9.17) is 0 Å². The molecule has 0 bridgehead atoms. The molecule has 0 aromatic carbocycles. The van der Waals surface area contributed by atoms with E-state index in [2.05, 4.69) is 26.4 Å². The lowest BCUT2D eigenvalue weighted by atomic mass is 10.2. The number of anilines is 1. The largest absolute Gasteiger partial charge is 0.352 e. The summed E-state index contributed by atoms with van der Waals surface area (Å²) >= 11 is 0. The predicted octanol–water partition coefficient (Wildman–Crippen LogP) is 1.55. The highest BCUT2D eigenvalue weighted by molar-refractivity contribution is 5.75. The lowest BCUT2D eigenvalue weighted by Crippen LogP contribution is -2.45. The fourth-order valence-electron chi connectivity index (χ4n) is 3.80. The van der Waals surface area contributed by atoms with Crippen molar-refractivity contribution in [3.05, 3.63) is 41.9 Å². The molecule has 0 spiro atoms. The zero-order chi connectivity index (χ0) is 17.2. The average Bonchev–Trinajstić information content (AvgIpc) is 3.20. The van der Waals surface area contributed by atoms with Crippen molar-refractivity contribution >= 4 is 11.8 Å². The van der Waals surface area contributed by atoms with Crippen molar-refractivity contribution in [2.75, 3.05) is 24.5 Å². The quantitative estimate of drug-likeness (QED) is 0.921. The Kier molecular flexibility index (Phi) is 4.29. The van der Waals surface area contributed by atoms with Gasteiger partial charge in [-0.05, 0) is 25.0 Å². The number of pyridine rings is 1. The normalized spacial score (nSPS) is 19.3. The average molecular weight is 340 g/mol. The van der Waals surface area contributed by atoms with E-state index in [1.165, 1.54) is 0 Å². The minimum atomic E-state index is -0.000478. The van der Waals surface area contributed by atoms with Gasteiger partial charge in [0.25, 0.3) is 0 Å². The van der Waals surface area contributed by atoms with Crippen molar-refractivity contribution in [3.8, 4) is 0 Å². The van der Waals surface area contributed by atoms with Gasteiger partial charge in [0, 0.05) is 57.1 Å². The van der Waals surface area contributed by atoms with Gasteiger partial charge in [0.15, 0.2) is 0 Å². The van der Waals surface area contributed by atoms with E-state index >= 15 is 0 Å². The number of carbonyl (C=O) groups is 1. The maximum atomic E-state index is 12.7. The highest BCUT2D eigenvalue weighted by atomic mass is 16.2. The molecule has 0 saturated carbocycles. The second-order valence-corrected chi connectivity index (χ2v) is 6.82. The number of aromatic nitrogens is 3. The Morgan fingerprint density at radius 1 is 1.40 bits per heavy atom. The van der Waals surface area contributed by atoms with Crippen molar-refractivity contribution in [2.24, 2.45) is 7.05 Å². The highest BCUT2D eigenvalue weighted by Crippen LogP contribution is 2.31. The van der Waals surface area contributed by atoms with Crippen LogP contribution in [0.15, 0.2) is 30.6 Å². The zero-order valence-corrected chi connectivity index (χ0v) is 14.6. The van der Waals surface area contributed by atoms with Gasteiger partial charge >= 0.3 is 6.03 Å². The molecule has 2 aliphatic heterocycles. The molecule has 2 amide bonds. The molecular weight excluding hydrogens is 316 g/mol. The Morgan fingerprint density at radius 3 is 3.16 bits per heavy atom. The lowest BCUT2D eigenvalue weighted by molar-refractivity contribution is 0.193. The summed E-state index contributed by atoms with van der Waals surface area (Å²) in [5.41, 5.74) is 2.13. The molecule has 132 valence electrons. The fraction of sp³-hybridized carbons (Fsp3) is 0.500. The van der Waals surface area contributed by atoms with Crippen LogP contribution in [-0.4, -0.2) is 51.4 Å². The molecule has 4 heterocycles. The van der Waals surface area contributed by atoms with Crippen LogP contribution in [0.3, 0.4) is 0 Å². The van der Waals surface area contributed by atoms with Gasteiger partial charge in [-0.1, -0.05) is 6.07 Å². The Labute approximate surface area is 147 Å². The predicted molar refractivity (Wildman–Crippen MR) is 95.3 cm³/mol. The second-order valence-electron chi connectivity index (χ2n) is 6.82. The van der Waals surface area contributed by atoms with E-state index in [0.717, 1.165) is 49.4 Å². The number of nitrogens with one attached hydrogen (secondary N) is 1. The molecule has 2 aliphatic rings. The van der Waals surface area contributed by atoms with E-state index in [9.17, 15) is 4.79 Å². The number of carbonyl (C=O) groups excluding carboxylic acids is 1. The molecule has 0 aliphatic carbocycles. The number of urea groups is 1. The maximum Gasteiger partial charge on any atom is 0.317 e. The third-order valence-corrected chi connectivity index (χ3v) is 5.02. The van der Waals surface area contributed by atoms with Gasteiger partial charge in [0.1, 0.15) is 5.82 Å². The van der Waals surface area contributed by atoms with Crippen LogP contribution >= 0.6 is 0 Å². The monoisotopic (exact) mass is 340 g/mol. The first-order valence-corrected chi connectivity index (χ1v) is 8.92. The van der Waals surface area contributed by atoms with Crippen LogP contribution in [0.2, 0.25) is 0 Å². The van der Waals surface area contributed by atoms with E-state index in [1.54, 1.807) is 4.68 Å². The molecule has 2 aromatic rings. The summed E-state index contributed by atoms with van der Waals surface area (Å²) in [6, 6.07) is 6.39. The second kappa shape index (κ2) is 6.74. The molecule has 1 atom stereocenters. The fourth-order valence-corrected chi connectivity index (χ4v) is 3.80. The summed E-state index contributed by atoms with van der Waals surface area (Å²) in [6.07, 6.45) is 6.79. The van der Waals surface area contributed by atoms with Crippen LogP contribution < -0.4 is 10.2 Å². The van der Waals surface area contributed by atoms with E-state index in [1.807, 2.05) is 36.5 Å². The SMILES string of the molecule is Cn1ccc(CCNC(=O)N2Cc3cccnc3N3CCC[C@@H]3C2)n1. The number of rotatable bonds is 3. The molecule has 4 rings (SSSR count). The minimum absolute atomic E-state index is 0.000478. The van der Waals surface area contributed by atoms with E-state index in [-0.39, 0.29) is 6.03 Å². The van der Waals surface area contributed by atoms with Crippen molar-refractivity contribution in [1.82, 2.24) is 25.0 Å². The van der Waals surface area contributed by atoms with Crippen LogP contribution in [0.5, 0.6) is 0 Å². The van der Waals surface area contributed by atoms with Crippen LogP contribution in [0.1, 0.15) is 24.1 Å². The van der Waals surface area contributed by atoms with Crippen molar-refractivity contribution in [2.45, 2.75) is 31.8 Å². The Morgan fingerprint density at radius 2 is 2.32 bits per heavy atom. The number of hydrogen-bond acceptors (Lipinski definition) is 4. The molecule has 1 saturated heterocycles. The van der Waals surface area contributed by atoms with Gasteiger partial charge in [-0.15, -0.1) is 0 Å². The Bertz CT molecular complexity index is 758. The highest BCUT2D eigenvalue weighted by Gasteiger charge is 2.33. The van der Waals surface area contributed by atoms with Gasteiger partial charge in [-0.2, -0.15) is 5.10 Å². The third-order valence-electron chi connectivity index (χ3n) is 5.02. The molecule has 2 aromatic heterocycles. The maximum absolute atomic E-state index is 12.7. The number of hydrogen-bond donors (Lipinski definition) is 1. The minimum Gasteiger partial charge on any atom is -0.352 e. The van der Waals surface area contributed by atoms with Crippen LogP contribution in [-0.2, 0) is 20.0 Å². The first-order chi connectivity index (χ1) is 12.2. The summed E-state index contributed by atoms with van der Waals surface area (Å²) in [5.74, 6) is 1.05. The zero-order valence-electron chi connectivity index (χ0n) is 14.6. The number of nitrogens with zero attached hydrogens (tertiary/aromatic N) is 5. The molecule has 0 radical (unpaired) electrons. The van der Waals surface area contributed by atoms with Crippen LogP contribution in [0.4, 0.5) is 10.6 Å². The summed E-state index contributed by atoms with van der Waals surface area (Å²) in [7, 11) is 1.90. The molecule has 1 fully saturated rings. The Hall–Kier alpha value is -2.57. The third kappa shape index (κ3) is 3.31. The smallest absolute Gasteiger partial charge is 0.317 e. The molecule has 25 heavy (non-hydrogen) atoms. The standard InChI is InChI=1S/C18H24N6O/c1-22-11-7-15(21-22)6-9-20-18(25)23-12-14-4-2-8-19-17(14)24-10-3-5-16(24)13-23/h2,4,7-8,11,16H,3,5-6,9-10,12-13H2,1H3,(H,20,25)/t16-/m1/s1. The van der Waals surface area contributed by atoms with E-state index in [0.29, 0.717) is 19.1 Å². The van der Waals surface area contributed by atoms with Crippen molar-refractivity contribution in [3.63, 3.8) is 0 Å². The van der Waals surface area contributed by atoms with Crippen molar-refractivity contribution < 1.29 is 4.79 Å². The lowest BCUT2D eigenvalue weighted by Gasteiger charge is -2.27. The summed E-state index contributed by atoms with van der Waals surface area (Å²) < 4.78 is 1.78. The summed E-state index contributed by atoms with van der Waals surface area (Å²) in [5, 5.41) is 7.39. The molecular formula is C18H24N6O. The Balaban J connectivity index is 1.42. The van der Waals surface area contributed by atoms with Crippen molar-refractivity contribution in [1.29, 1.82) is 0 Å². The number of amides is 2. The molecule has 7 heteroatoms. The topological polar surface area (TPSA) is 66.3 Å². The number of fused-ring (bicyclic) bond motifs is 3. The molecule has 0 unspecified atom stereocenters. The van der Waals surface area contributed by atoms with Gasteiger partial charge in [-0.3, -0.25) is 4.68 Å². The summed E-state index contributed by atoms with van der Waals surface area (Å²) in [4.78, 5) is 21.6. The number of aryl methyl sites for hydroxylation is 1. The van der Waals surface area contributed by atoms with Gasteiger partial charge in [-0.25, -0.2) is 9.78 Å². The first kappa shape index (κ1) is 15.9. The van der Waals surface area contributed by atoms with Crippen LogP contribution in [0.25, 0.3) is 0 Å². The van der Waals surface area contributed by atoms with Crippen LogP contribution in [0, 0.1) is 0 Å². The molecule has 1 N–H and O–H groups in total. The molecule has 7 nitrogen and oxygen atoms in total. The summed E-state index contributed by atoms with van der Waals surface area (Å²) in [6.45, 7) is 3.00. The van der Waals surface area contributed by atoms with E-state index < -0.39 is 0 Å².